The molecule has 1 atom stereocenters. The molecule has 1 N–H and O–H groups in total. The van der Waals surface area contributed by atoms with E-state index in [4.69, 9.17) is 0 Å². The first kappa shape index (κ1) is 14.6. The van der Waals surface area contributed by atoms with E-state index in [1.54, 1.807) is 36.8 Å². The van der Waals surface area contributed by atoms with Gasteiger partial charge in [-0.2, -0.15) is 0 Å². The Balaban J connectivity index is 2.00. The van der Waals surface area contributed by atoms with Crippen LogP contribution in [-0.2, 0) is 17.8 Å². The summed E-state index contributed by atoms with van der Waals surface area (Å²) < 4.78 is 1.62. The number of aromatic nitrogens is 4. The van der Waals surface area contributed by atoms with E-state index >= 15 is 0 Å². The van der Waals surface area contributed by atoms with Crippen LogP contribution in [0, 0.1) is 0 Å². The molecule has 0 bridgehead atoms. The molecule has 0 radical (unpaired) electrons. The van der Waals surface area contributed by atoms with Gasteiger partial charge < -0.3 is 10.0 Å². The second kappa shape index (κ2) is 6.10. The maximum atomic E-state index is 11.6. The van der Waals surface area contributed by atoms with Crippen LogP contribution < -0.4 is 0 Å². The summed E-state index contributed by atoms with van der Waals surface area (Å²) in [6.45, 7) is 2.12. The minimum atomic E-state index is -0.632. The Morgan fingerprint density at radius 3 is 2.90 bits per heavy atom. The van der Waals surface area contributed by atoms with Gasteiger partial charge in [0.1, 0.15) is 10.7 Å². The van der Waals surface area contributed by atoms with Crippen molar-refractivity contribution in [3.05, 3.63) is 28.0 Å². The average Bonchev–Trinajstić information content (AvgIpc) is 2.99. The van der Waals surface area contributed by atoms with Crippen molar-refractivity contribution in [2.24, 2.45) is 0 Å². The van der Waals surface area contributed by atoms with Gasteiger partial charge in [0.15, 0.2) is 0 Å². The molecule has 2 aromatic heterocycles. The van der Waals surface area contributed by atoms with Crippen LogP contribution in [0.15, 0.2) is 11.6 Å². The molecule has 0 aliphatic heterocycles. The first-order chi connectivity index (χ1) is 9.45. The fourth-order valence-corrected chi connectivity index (χ4v) is 2.31. The number of amides is 1. The Morgan fingerprint density at radius 2 is 2.30 bits per heavy atom. The fraction of sp³-hybridized carbons (Fsp3) is 0.500. The molecule has 7 nitrogen and oxygen atoms in total. The van der Waals surface area contributed by atoms with Crippen molar-refractivity contribution in [1.82, 2.24) is 24.9 Å². The predicted molar refractivity (Wildman–Crippen MR) is 74.3 cm³/mol. The number of thiazole rings is 1. The third kappa shape index (κ3) is 3.61. The minimum Gasteiger partial charge on any atom is -0.387 e. The van der Waals surface area contributed by atoms with Gasteiger partial charge in [-0.15, -0.1) is 16.4 Å². The zero-order chi connectivity index (χ0) is 14.7. The zero-order valence-electron chi connectivity index (χ0n) is 11.6. The van der Waals surface area contributed by atoms with Gasteiger partial charge in [0.05, 0.1) is 31.0 Å². The van der Waals surface area contributed by atoms with Crippen molar-refractivity contribution in [3.63, 3.8) is 0 Å². The maximum absolute atomic E-state index is 11.6. The summed E-state index contributed by atoms with van der Waals surface area (Å²) in [6.07, 6.45) is 1.37. The first-order valence-electron chi connectivity index (χ1n) is 6.17. The summed E-state index contributed by atoms with van der Waals surface area (Å²) in [7, 11) is 3.45. The molecule has 0 aromatic carbocycles. The second-order valence-corrected chi connectivity index (χ2v) is 5.66. The highest BCUT2D eigenvalue weighted by molar-refractivity contribution is 7.09. The van der Waals surface area contributed by atoms with E-state index in [1.165, 1.54) is 11.3 Å². The molecule has 108 valence electrons. The molecule has 0 saturated carbocycles. The Bertz CT molecular complexity index is 590. The highest BCUT2D eigenvalue weighted by Crippen LogP contribution is 2.13. The van der Waals surface area contributed by atoms with E-state index in [0.717, 1.165) is 10.7 Å². The molecule has 2 rings (SSSR count). The standard InChI is InChI=1S/C12H17N5O2S/c1-8(18)10-6-17(15-14-10)5-9-7-20-11(13-9)4-12(19)16(2)3/h6-8,18H,4-5H2,1-3H3. The fourth-order valence-electron chi connectivity index (χ4n) is 1.54. The van der Waals surface area contributed by atoms with Crippen molar-refractivity contribution in [2.75, 3.05) is 14.1 Å². The predicted octanol–water partition coefficient (Wildman–Crippen LogP) is 0.467. The van der Waals surface area contributed by atoms with Crippen molar-refractivity contribution >= 4 is 17.2 Å². The van der Waals surface area contributed by atoms with Crippen molar-refractivity contribution in [1.29, 1.82) is 0 Å². The lowest BCUT2D eigenvalue weighted by Gasteiger charge is -2.07. The number of hydrogen-bond donors (Lipinski definition) is 1. The zero-order valence-corrected chi connectivity index (χ0v) is 12.5. The summed E-state index contributed by atoms with van der Waals surface area (Å²) in [6, 6.07) is 0. The van der Waals surface area contributed by atoms with E-state index in [1.807, 2.05) is 5.38 Å². The molecule has 0 aliphatic carbocycles. The van der Waals surface area contributed by atoms with E-state index in [-0.39, 0.29) is 5.91 Å². The molecule has 1 amide bonds. The van der Waals surface area contributed by atoms with Gasteiger partial charge in [0.2, 0.25) is 5.91 Å². The van der Waals surface area contributed by atoms with E-state index < -0.39 is 6.10 Å². The van der Waals surface area contributed by atoms with Gasteiger partial charge in [-0.1, -0.05) is 5.21 Å². The van der Waals surface area contributed by atoms with Gasteiger partial charge in [0.25, 0.3) is 0 Å². The number of likely N-dealkylation sites (N-methyl/N-ethyl adjacent to an activating group) is 1. The normalized spacial score (nSPS) is 12.4. The number of rotatable bonds is 5. The van der Waals surface area contributed by atoms with Crippen LogP contribution in [0.5, 0.6) is 0 Å². The highest BCUT2D eigenvalue weighted by Gasteiger charge is 2.11. The Kier molecular flexibility index (Phi) is 4.46. The summed E-state index contributed by atoms with van der Waals surface area (Å²) in [4.78, 5) is 17.5. The number of aliphatic hydroxyl groups is 1. The molecule has 1 unspecified atom stereocenters. The molecule has 20 heavy (non-hydrogen) atoms. The molecule has 0 saturated heterocycles. The van der Waals surface area contributed by atoms with Crippen molar-refractivity contribution < 1.29 is 9.90 Å². The average molecular weight is 295 g/mol. The van der Waals surface area contributed by atoms with E-state index in [0.29, 0.717) is 18.7 Å². The Hall–Kier alpha value is -1.80. The van der Waals surface area contributed by atoms with Gasteiger partial charge in [-0.25, -0.2) is 9.67 Å². The van der Waals surface area contributed by atoms with Crippen LogP contribution in [0.4, 0.5) is 0 Å². The smallest absolute Gasteiger partial charge is 0.228 e. The molecule has 2 heterocycles. The van der Waals surface area contributed by atoms with E-state index in [9.17, 15) is 9.90 Å². The molecular formula is C12H17N5O2S. The Labute approximate surface area is 120 Å². The third-order valence-corrected chi connectivity index (χ3v) is 3.61. The quantitative estimate of drug-likeness (QED) is 0.866. The summed E-state index contributed by atoms with van der Waals surface area (Å²) in [5.41, 5.74) is 1.36. The molecule has 0 spiro atoms. The summed E-state index contributed by atoms with van der Waals surface area (Å²) >= 11 is 1.46. The maximum Gasteiger partial charge on any atom is 0.228 e. The molecular weight excluding hydrogens is 278 g/mol. The third-order valence-electron chi connectivity index (χ3n) is 2.71. The Morgan fingerprint density at radius 1 is 1.55 bits per heavy atom. The van der Waals surface area contributed by atoms with E-state index in [2.05, 4.69) is 15.3 Å². The SMILES string of the molecule is CC(O)c1cn(Cc2csc(CC(=O)N(C)C)n2)nn1. The van der Waals surface area contributed by atoms with Crippen LogP contribution in [0.25, 0.3) is 0 Å². The summed E-state index contributed by atoms with van der Waals surface area (Å²) in [5.74, 6) is 0.0306. The largest absolute Gasteiger partial charge is 0.387 e. The van der Waals surface area contributed by atoms with Crippen LogP contribution in [0.2, 0.25) is 0 Å². The molecule has 2 aromatic rings. The lowest BCUT2D eigenvalue weighted by molar-refractivity contribution is -0.127. The monoisotopic (exact) mass is 295 g/mol. The number of carbonyl (C=O) groups is 1. The number of carbonyl (C=O) groups excluding carboxylic acids is 1. The van der Waals surface area contributed by atoms with Crippen LogP contribution in [0.3, 0.4) is 0 Å². The van der Waals surface area contributed by atoms with Gasteiger partial charge in [0, 0.05) is 19.5 Å². The lowest BCUT2D eigenvalue weighted by Crippen LogP contribution is -2.23. The number of aliphatic hydroxyl groups excluding tert-OH is 1. The number of hydrogen-bond acceptors (Lipinski definition) is 6. The highest BCUT2D eigenvalue weighted by atomic mass is 32.1. The first-order valence-corrected chi connectivity index (χ1v) is 7.05. The van der Waals surface area contributed by atoms with Crippen LogP contribution >= 0.6 is 11.3 Å². The molecule has 0 aliphatic rings. The van der Waals surface area contributed by atoms with Crippen molar-refractivity contribution in [2.45, 2.75) is 26.0 Å². The van der Waals surface area contributed by atoms with Crippen LogP contribution in [0.1, 0.15) is 29.4 Å². The van der Waals surface area contributed by atoms with Gasteiger partial charge in [-0.05, 0) is 6.92 Å². The van der Waals surface area contributed by atoms with Gasteiger partial charge >= 0.3 is 0 Å². The lowest BCUT2D eigenvalue weighted by atomic mass is 10.3. The topological polar surface area (TPSA) is 84.1 Å². The van der Waals surface area contributed by atoms with Crippen molar-refractivity contribution in [3.8, 4) is 0 Å². The minimum absolute atomic E-state index is 0.0306. The molecule has 8 heteroatoms. The van der Waals surface area contributed by atoms with Gasteiger partial charge in [-0.3, -0.25) is 4.79 Å². The number of nitrogens with zero attached hydrogens (tertiary/aromatic N) is 5. The summed E-state index contributed by atoms with van der Waals surface area (Å²) in [5, 5.41) is 19.9. The van der Waals surface area contributed by atoms with Crippen LogP contribution in [-0.4, -0.2) is 50.0 Å². The molecule has 0 fully saturated rings. The second-order valence-electron chi connectivity index (χ2n) is 4.71.